The first kappa shape index (κ1) is 20.6. The minimum atomic E-state index is -0.179. The molecule has 152 valence electrons. The topological polar surface area (TPSA) is 56.6 Å². The smallest absolute Gasteiger partial charge is 0.277 e. The number of hydrogen-bond donors (Lipinski definition) is 0. The Morgan fingerprint density at radius 3 is 2.68 bits per heavy atom. The zero-order valence-corrected chi connectivity index (χ0v) is 17.6. The van der Waals surface area contributed by atoms with E-state index in [1.54, 1.807) is 13.1 Å². The highest BCUT2D eigenvalue weighted by atomic mass is 16.7. The highest BCUT2D eigenvalue weighted by Gasteiger charge is 2.25. The van der Waals surface area contributed by atoms with Crippen molar-refractivity contribution in [3.05, 3.63) is 41.9 Å². The van der Waals surface area contributed by atoms with Crippen LogP contribution in [0.1, 0.15) is 49.8 Å². The van der Waals surface area contributed by atoms with Crippen LogP contribution in [0.15, 0.2) is 30.5 Å². The Kier molecular flexibility index (Phi) is 6.20. The molecule has 2 heterocycles. The Hall–Kier alpha value is -2.18. The molecule has 2 aromatic rings. The van der Waals surface area contributed by atoms with Crippen molar-refractivity contribution in [2.24, 2.45) is 5.92 Å². The van der Waals surface area contributed by atoms with Gasteiger partial charge in [0.05, 0.1) is 12.8 Å². The number of benzene rings is 1. The lowest BCUT2D eigenvalue weighted by atomic mass is 9.94. The van der Waals surface area contributed by atoms with E-state index in [-0.39, 0.29) is 11.3 Å². The number of carbonyl (C=O) groups excluding carboxylic acids is 1. The molecule has 1 aromatic heterocycles. The van der Waals surface area contributed by atoms with Crippen molar-refractivity contribution in [1.29, 1.82) is 0 Å². The number of nitrogens with zero attached hydrogens (tertiary/aromatic N) is 3. The van der Waals surface area contributed by atoms with Gasteiger partial charge in [0.2, 0.25) is 0 Å². The first-order chi connectivity index (χ1) is 13.3. The highest BCUT2D eigenvalue weighted by molar-refractivity contribution is 5.94. The second-order valence-corrected chi connectivity index (χ2v) is 8.47. The van der Waals surface area contributed by atoms with Crippen LogP contribution >= 0.6 is 0 Å². The highest BCUT2D eigenvalue weighted by Crippen LogP contribution is 2.29. The molecular formula is C22H31N3O3. The van der Waals surface area contributed by atoms with Gasteiger partial charge in [-0.15, -0.1) is 0 Å². The lowest BCUT2D eigenvalue weighted by molar-refractivity contribution is -0.0756. The van der Waals surface area contributed by atoms with Crippen LogP contribution in [-0.4, -0.2) is 47.9 Å². The van der Waals surface area contributed by atoms with Gasteiger partial charge >= 0.3 is 0 Å². The van der Waals surface area contributed by atoms with Gasteiger partial charge in [-0.05, 0) is 30.9 Å². The predicted octanol–water partition coefficient (Wildman–Crippen LogP) is 3.91. The second-order valence-electron chi connectivity index (χ2n) is 8.47. The van der Waals surface area contributed by atoms with Crippen molar-refractivity contribution in [3.8, 4) is 11.3 Å². The fourth-order valence-electron chi connectivity index (χ4n) is 3.58. The number of rotatable bonds is 5. The van der Waals surface area contributed by atoms with Crippen LogP contribution in [0, 0.1) is 5.92 Å². The number of ether oxygens (including phenoxy) is 1. The minimum Gasteiger partial charge on any atom is -0.381 e. The van der Waals surface area contributed by atoms with Gasteiger partial charge in [0, 0.05) is 49.5 Å². The van der Waals surface area contributed by atoms with Crippen molar-refractivity contribution in [2.45, 2.75) is 45.6 Å². The SMILES string of the molecule is CON(C)C(=O)c1cccc(-c2cn(CC3CCOCC3)c(C(C)(C)C)n2)c1. The third kappa shape index (κ3) is 4.62. The fourth-order valence-corrected chi connectivity index (χ4v) is 3.58. The van der Waals surface area contributed by atoms with Crippen LogP contribution in [0.3, 0.4) is 0 Å². The average molecular weight is 386 g/mol. The molecule has 0 bridgehead atoms. The second kappa shape index (κ2) is 8.45. The molecule has 1 aromatic carbocycles. The summed E-state index contributed by atoms with van der Waals surface area (Å²) >= 11 is 0. The van der Waals surface area contributed by atoms with E-state index in [0.717, 1.165) is 49.7 Å². The van der Waals surface area contributed by atoms with Crippen molar-refractivity contribution in [1.82, 2.24) is 14.6 Å². The fraction of sp³-hybridized carbons (Fsp3) is 0.545. The molecule has 1 fully saturated rings. The Balaban J connectivity index is 1.93. The lowest BCUT2D eigenvalue weighted by Crippen LogP contribution is -2.25. The average Bonchev–Trinajstić information content (AvgIpc) is 3.12. The van der Waals surface area contributed by atoms with Gasteiger partial charge in [-0.2, -0.15) is 0 Å². The van der Waals surface area contributed by atoms with Crippen molar-refractivity contribution >= 4 is 5.91 Å². The van der Waals surface area contributed by atoms with E-state index >= 15 is 0 Å². The van der Waals surface area contributed by atoms with Crippen LogP contribution < -0.4 is 0 Å². The Labute approximate surface area is 167 Å². The van der Waals surface area contributed by atoms with E-state index in [4.69, 9.17) is 14.6 Å². The van der Waals surface area contributed by atoms with E-state index in [0.29, 0.717) is 11.5 Å². The van der Waals surface area contributed by atoms with Gasteiger partial charge in [-0.25, -0.2) is 10.0 Å². The third-order valence-electron chi connectivity index (χ3n) is 5.21. The quantitative estimate of drug-likeness (QED) is 0.733. The predicted molar refractivity (Wildman–Crippen MR) is 109 cm³/mol. The summed E-state index contributed by atoms with van der Waals surface area (Å²) in [5, 5.41) is 1.23. The largest absolute Gasteiger partial charge is 0.381 e. The van der Waals surface area contributed by atoms with Crippen molar-refractivity contribution in [3.63, 3.8) is 0 Å². The van der Waals surface area contributed by atoms with E-state index in [1.807, 2.05) is 18.2 Å². The molecule has 0 saturated carbocycles. The maximum absolute atomic E-state index is 12.4. The molecule has 3 rings (SSSR count). The molecule has 0 radical (unpaired) electrons. The first-order valence-corrected chi connectivity index (χ1v) is 9.87. The van der Waals surface area contributed by atoms with Gasteiger partial charge < -0.3 is 9.30 Å². The summed E-state index contributed by atoms with van der Waals surface area (Å²) in [5.74, 6) is 1.50. The van der Waals surface area contributed by atoms with E-state index in [2.05, 4.69) is 31.5 Å². The molecule has 1 saturated heterocycles. The molecule has 1 aliphatic heterocycles. The maximum Gasteiger partial charge on any atom is 0.277 e. The summed E-state index contributed by atoms with van der Waals surface area (Å²) in [6.45, 7) is 9.20. The van der Waals surface area contributed by atoms with Gasteiger partial charge in [0.25, 0.3) is 5.91 Å². The molecule has 0 N–H and O–H groups in total. The lowest BCUT2D eigenvalue weighted by Gasteiger charge is -2.25. The normalized spacial score (nSPS) is 15.6. The summed E-state index contributed by atoms with van der Waals surface area (Å²) in [6.07, 6.45) is 4.30. The molecular weight excluding hydrogens is 354 g/mol. The number of aromatic nitrogens is 2. The van der Waals surface area contributed by atoms with Gasteiger partial charge in [0.15, 0.2) is 0 Å². The van der Waals surface area contributed by atoms with Gasteiger partial charge in [-0.1, -0.05) is 32.9 Å². The molecule has 0 atom stereocenters. The molecule has 0 aliphatic carbocycles. The van der Waals surface area contributed by atoms with Crippen molar-refractivity contribution < 1.29 is 14.4 Å². The van der Waals surface area contributed by atoms with Crippen LogP contribution in [-0.2, 0) is 21.5 Å². The third-order valence-corrected chi connectivity index (χ3v) is 5.21. The van der Waals surface area contributed by atoms with Gasteiger partial charge in [0.1, 0.15) is 5.82 Å². The Bertz CT molecular complexity index is 817. The van der Waals surface area contributed by atoms with Crippen LogP contribution in [0.2, 0.25) is 0 Å². The van der Waals surface area contributed by atoms with E-state index in [9.17, 15) is 4.79 Å². The molecule has 0 spiro atoms. The molecule has 1 aliphatic rings. The minimum absolute atomic E-state index is 0.0624. The molecule has 28 heavy (non-hydrogen) atoms. The molecule has 1 amide bonds. The Morgan fingerprint density at radius 2 is 2.04 bits per heavy atom. The van der Waals surface area contributed by atoms with Crippen molar-refractivity contribution in [2.75, 3.05) is 27.4 Å². The number of carbonyl (C=O) groups is 1. The summed E-state index contributed by atoms with van der Waals surface area (Å²) in [4.78, 5) is 22.4. The number of hydrogen-bond acceptors (Lipinski definition) is 4. The van der Waals surface area contributed by atoms with Crippen LogP contribution in [0.5, 0.6) is 0 Å². The maximum atomic E-state index is 12.4. The zero-order valence-electron chi connectivity index (χ0n) is 17.6. The standard InChI is InChI=1S/C22H31N3O3/c1-22(2,3)21-23-19(15-25(21)14-16-9-11-28-12-10-16)17-7-6-8-18(13-17)20(26)24(4)27-5/h6-8,13,15-16H,9-12,14H2,1-5H3. The summed E-state index contributed by atoms with van der Waals surface area (Å²) < 4.78 is 7.80. The molecule has 6 nitrogen and oxygen atoms in total. The first-order valence-electron chi connectivity index (χ1n) is 9.87. The molecule has 6 heteroatoms. The van der Waals surface area contributed by atoms with Crippen LogP contribution in [0.25, 0.3) is 11.3 Å². The number of amides is 1. The van der Waals surface area contributed by atoms with Crippen LogP contribution in [0.4, 0.5) is 0 Å². The monoisotopic (exact) mass is 385 g/mol. The van der Waals surface area contributed by atoms with E-state index < -0.39 is 0 Å². The summed E-state index contributed by atoms with van der Waals surface area (Å²) in [6, 6.07) is 7.56. The molecule has 0 unspecified atom stereocenters. The van der Waals surface area contributed by atoms with E-state index in [1.165, 1.54) is 12.2 Å². The number of imidazole rings is 1. The Morgan fingerprint density at radius 1 is 1.32 bits per heavy atom. The number of hydroxylamine groups is 2. The zero-order chi connectivity index (χ0) is 20.3. The summed E-state index contributed by atoms with van der Waals surface area (Å²) in [7, 11) is 3.09. The summed E-state index contributed by atoms with van der Waals surface area (Å²) in [5.41, 5.74) is 2.35. The van der Waals surface area contributed by atoms with Gasteiger partial charge in [-0.3, -0.25) is 9.63 Å².